The van der Waals surface area contributed by atoms with Gasteiger partial charge < -0.3 is 19.9 Å². The number of nitrogens with one attached hydrogen (secondary N) is 1. The number of anilines is 2. The van der Waals surface area contributed by atoms with E-state index in [0.717, 1.165) is 25.3 Å². The Hall–Kier alpha value is -3.00. The van der Waals surface area contributed by atoms with Crippen LogP contribution in [0.2, 0.25) is 0 Å². The van der Waals surface area contributed by atoms with Gasteiger partial charge in [0, 0.05) is 37.6 Å². The Morgan fingerprint density at radius 2 is 1.76 bits per heavy atom. The lowest BCUT2D eigenvalue weighted by atomic mass is 10.2. The molecule has 1 amide bonds. The van der Waals surface area contributed by atoms with Crippen LogP contribution in [0, 0.1) is 6.92 Å². The normalized spacial score (nSPS) is 14.5. The molecule has 8 heteroatoms. The van der Waals surface area contributed by atoms with Crippen molar-refractivity contribution in [3.05, 3.63) is 47.3 Å². The number of hydrogen-bond donors (Lipinski definition) is 1. The Morgan fingerprint density at radius 1 is 1.07 bits per heavy atom. The van der Waals surface area contributed by atoms with Crippen molar-refractivity contribution in [2.45, 2.75) is 20.8 Å². The summed E-state index contributed by atoms with van der Waals surface area (Å²) in [5.41, 5.74) is 2.29. The van der Waals surface area contributed by atoms with Gasteiger partial charge in [0.2, 0.25) is 5.95 Å². The highest BCUT2D eigenvalue weighted by Crippen LogP contribution is 2.17. The zero-order valence-corrected chi connectivity index (χ0v) is 17.1. The Bertz CT molecular complexity index is 861. The maximum absolute atomic E-state index is 12.9. The second-order valence-electron chi connectivity index (χ2n) is 6.87. The molecule has 154 valence electrons. The van der Waals surface area contributed by atoms with E-state index in [1.54, 1.807) is 37.3 Å². The molecule has 2 aromatic rings. The van der Waals surface area contributed by atoms with Gasteiger partial charge in [0.05, 0.1) is 12.2 Å². The minimum absolute atomic E-state index is 0.0769. The van der Waals surface area contributed by atoms with Gasteiger partial charge in [0.1, 0.15) is 5.69 Å². The van der Waals surface area contributed by atoms with E-state index in [4.69, 9.17) is 4.74 Å². The molecule has 1 aromatic heterocycles. The van der Waals surface area contributed by atoms with Crippen LogP contribution in [0.15, 0.2) is 30.3 Å². The highest BCUT2D eigenvalue weighted by Gasteiger charge is 2.23. The van der Waals surface area contributed by atoms with Crippen LogP contribution < -0.4 is 5.32 Å². The van der Waals surface area contributed by atoms with Gasteiger partial charge in [-0.2, -0.15) is 0 Å². The minimum atomic E-state index is -0.359. The van der Waals surface area contributed by atoms with E-state index < -0.39 is 0 Å². The van der Waals surface area contributed by atoms with E-state index in [9.17, 15) is 9.59 Å². The van der Waals surface area contributed by atoms with E-state index >= 15 is 0 Å². The van der Waals surface area contributed by atoms with Crippen molar-refractivity contribution in [1.82, 2.24) is 19.8 Å². The summed E-state index contributed by atoms with van der Waals surface area (Å²) in [6, 6.07) is 8.57. The summed E-state index contributed by atoms with van der Waals surface area (Å²) in [5, 5.41) is 3.10. The molecule has 0 unspecified atom stereocenters. The predicted molar refractivity (Wildman–Crippen MR) is 110 cm³/mol. The summed E-state index contributed by atoms with van der Waals surface area (Å²) in [7, 11) is 0. The Kier molecular flexibility index (Phi) is 6.77. The van der Waals surface area contributed by atoms with Crippen molar-refractivity contribution >= 4 is 23.5 Å². The summed E-state index contributed by atoms with van der Waals surface area (Å²) >= 11 is 0. The zero-order valence-electron chi connectivity index (χ0n) is 17.1. The average Bonchev–Trinajstić information content (AvgIpc) is 2.73. The SMILES string of the molecule is CCOC(=O)c1ccc(Nc2nc(C)cc(C(=O)N3CCN(CC)CC3)n2)cc1. The van der Waals surface area contributed by atoms with Crippen LogP contribution in [0.5, 0.6) is 0 Å². The fraction of sp³-hybridized carbons (Fsp3) is 0.429. The molecular formula is C21H27N5O3. The smallest absolute Gasteiger partial charge is 0.338 e. The van der Waals surface area contributed by atoms with Gasteiger partial charge in [-0.3, -0.25) is 4.79 Å². The lowest BCUT2D eigenvalue weighted by Gasteiger charge is -2.33. The Balaban J connectivity index is 1.70. The van der Waals surface area contributed by atoms with Gasteiger partial charge in [-0.15, -0.1) is 0 Å². The molecule has 0 bridgehead atoms. The average molecular weight is 397 g/mol. The van der Waals surface area contributed by atoms with Crippen LogP contribution in [-0.2, 0) is 4.74 Å². The highest BCUT2D eigenvalue weighted by atomic mass is 16.5. The van der Waals surface area contributed by atoms with Crippen molar-refractivity contribution in [2.24, 2.45) is 0 Å². The second-order valence-corrected chi connectivity index (χ2v) is 6.87. The number of carbonyl (C=O) groups is 2. The van der Waals surface area contributed by atoms with Crippen molar-refractivity contribution in [3.63, 3.8) is 0 Å². The summed E-state index contributed by atoms with van der Waals surface area (Å²) in [4.78, 5) is 37.6. The van der Waals surface area contributed by atoms with Crippen molar-refractivity contribution in [2.75, 3.05) is 44.6 Å². The fourth-order valence-electron chi connectivity index (χ4n) is 3.20. The van der Waals surface area contributed by atoms with Crippen molar-refractivity contribution < 1.29 is 14.3 Å². The number of aromatic nitrogens is 2. The maximum Gasteiger partial charge on any atom is 0.338 e. The number of carbonyl (C=O) groups excluding carboxylic acids is 2. The minimum Gasteiger partial charge on any atom is -0.462 e. The quantitative estimate of drug-likeness (QED) is 0.749. The van der Waals surface area contributed by atoms with Crippen LogP contribution in [0.3, 0.4) is 0 Å². The molecule has 0 saturated carbocycles. The van der Waals surface area contributed by atoms with Crippen molar-refractivity contribution in [3.8, 4) is 0 Å². The van der Waals surface area contributed by atoms with Gasteiger partial charge in [-0.25, -0.2) is 14.8 Å². The van der Waals surface area contributed by atoms with Gasteiger partial charge in [0.25, 0.3) is 5.91 Å². The number of hydrogen-bond acceptors (Lipinski definition) is 7. The number of piperazine rings is 1. The number of rotatable bonds is 6. The molecule has 8 nitrogen and oxygen atoms in total. The van der Waals surface area contributed by atoms with Crippen LogP contribution in [0.25, 0.3) is 0 Å². The van der Waals surface area contributed by atoms with Crippen LogP contribution in [0.1, 0.15) is 40.4 Å². The maximum atomic E-state index is 12.9. The number of esters is 1. The second kappa shape index (κ2) is 9.47. The lowest BCUT2D eigenvalue weighted by Crippen LogP contribution is -2.48. The molecule has 0 radical (unpaired) electrons. The molecular weight excluding hydrogens is 370 g/mol. The third-order valence-electron chi connectivity index (χ3n) is 4.83. The molecule has 2 heterocycles. The number of ether oxygens (including phenoxy) is 1. The van der Waals surface area contributed by atoms with Gasteiger partial charge in [0.15, 0.2) is 0 Å². The molecule has 0 aliphatic carbocycles. The largest absolute Gasteiger partial charge is 0.462 e. The van der Waals surface area contributed by atoms with Gasteiger partial charge >= 0.3 is 5.97 Å². The molecule has 1 saturated heterocycles. The van der Waals surface area contributed by atoms with E-state index in [-0.39, 0.29) is 11.9 Å². The number of benzene rings is 1. The molecule has 0 spiro atoms. The molecule has 1 aromatic carbocycles. The first-order chi connectivity index (χ1) is 14.0. The summed E-state index contributed by atoms with van der Waals surface area (Å²) < 4.78 is 4.99. The molecule has 1 fully saturated rings. The lowest BCUT2D eigenvalue weighted by molar-refractivity contribution is 0.0526. The summed E-state index contributed by atoms with van der Waals surface area (Å²) in [6.07, 6.45) is 0. The first kappa shape index (κ1) is 20.7. The van der Waals surface area contributed by atoms with E-state index in [0.29, 0.717) is 42.6 Å². The molecule has 1 N–H and O–H groups in total. The predicted octanol–water partition coefficient (Wildman–Crippen LogP) is 2.48. The number of aryl methyl sites for hydroxylation is 1. The standard InChI is InChI=1S/C21H27N5O3/c1-4-25-10-12-26(13-11-25)19(27)18-14-15(3)22-21(24-18)23-17-8-6-16(7-9-17)20(28)29-5-2/h6-9,14H,4-5,10-13H2,1-3H3,(H,22,23,24). The topological polar surface area (TPSA) is 87.7 Å². The van der Waals surface area contributed by atoms with Gasteiger partial charge in [-0.05, 0) is 50.7 Å². The van der Waals surface area contributed by atoms with Crippen LogP contribution >= 0.6 is 0 Å². The molecule has 3 rings (SSSR count). The fourth-order valence-corrected chi connectivity index (χ4v) is 3.20. The molecule has 1 aliphatic heterocycles. The van der Waals surface area contributed by atoms with Crippen LogP contribution in [-0.4, -0.2) is 71.0 Å². The van der Waals surface area contributed by atoms with Gasteiger partial charge in [-0.1, -0.05) is 6.92 Å². The number of nitrogens with zero attached hydrogens (tertiary/aromatic N) is 4. The first-order valence-electron chi connectivity index (χ1n) is 9.91. The third kappa shape index (κ3) is 5.29. The molecule has 1 aliphatic rings. The monoisotopic (exact) mass is 397 g/mol. The highest BCUT2D eigenvalue weighted by molar-refractivity contribution is 5.93. The first-order valence-corrected chi connectivity index (χ1v) is 9.91. The van der Waals surface area contributed by atoms with E-state index in [1.165, 1.54) is 0 Å². The van der Waals surface area contributed by atoms with E-state index in [2.05, 4.69) is 27.1 Å². The summed E-state index contributed by atoms with van der Waals surface area (Å²) in [5.74, 6) is -0.0849. The van der Waals surface area contributed by atoms with Crippen LogP contribution in [0.4, 0.5) is 11.6 Å². The summed E-state index contributed by atoms with van der Waals surface area (Å²) in [6.45, 7) is 10.2. The molecule has 29 heavy (non-hydrogen) atoms. The Labute approximate surface area is 170 Å². The Morgan fingerprint density at radius 3 is 2.38 bits per heavy atom. The third-order valence-corrected chi connectivity index (χ3v) is 4.83. The number of likely N-dealkylation sites (N-methyl/N-ethyl adjacent to an activating group) is 1. The molecule has 0 atom stereocenters. The van der Waals surface area contributed by atoms with E-state index in [1.807, 2.05) is 11.8 Å². The number of amides is 1. The zero-order chi connectivity index (χ0) is 20.8. The van der Waals surface area contributed by atoms with Crippen molar-refractivity contribution in [1.29, 1.82) is 0 Å².